The van der Waals surface area contributed by atoms with Gasteiger partial charge in [0.15, 0.2) is 0 Å². The normalized spacial score (nSPS) is 24.6. The molecular weight excluding hydrogens is 386 g/mol. The number of hydrogen-bond donors (Lipinski definition) is 0. The topological polar surface area (TPSA) is 36.0 Å². The smallest absolute Gasteiger partial charge is 0.257 e. The molecule has 5 nitrogen and oxygen atoms in total. The Hall–Kier alpha value is -1.30. The summed E-state index contributed by atoms with van der Waals surface area (Å²) in [6, 6.07) is 6.67. The first-order chi connectivity index (χ1) is 14.0. The maximum absolute atomic E-state index is 13.2. The summed E-state index contributed by atoms with van der Waals surface area (Å²) < 4.78 is 6.36. The number of carbonyl (C=O) groups excluding carboxylic acids is 1. The van der Waals surface area contributed by atoms with Crippen molar-refractivity contribution in [2.75, 3.05) is 40.3 Å². The molecule has 6 heteroatoms. The van der Waals surface area contributed by atoms with E-state index < -0.39 is 0 Å². The van der Waals surface area contributed by atoms with E-state index in [-0.39, 0.29) is 12.0 Å². The second-order valence-corrected chi connectivity index (χ2v) is 9.53. The van der Waals surface area contributed by atoms with Crippen LogP contribution in [0.2, 0.25) is 5.02 Å². The van der Waals surface area contributed by atoms with E-state index in [4.69, 9.17) is 16.3 Å². The Morgan fingerprint density at radius 3 is 2.45 bits per heavy atom. The van der Waals surface area contributed by atoms with E-state index in [1.54, 1.807) is 6.07 Å². The highest BCUT2D eigenvalue weighted by Crippen LogP contribution is 2.31. The number of likely N-dealkylation sites (N-methyl/N-ethyl adjacent to an activating group) is 1. The highest BCUT2D eigenvalue weighted by Gasteiger charge is 2.31. The lowest BCUT2D eigenvalue weighted by Crippen LogP contribution is -2.43. The van der Waals surface area contributed by atoms with E-state index in [0.717, 1.165) is 51.5 Å². The Balaban J connectivity index is 1.40. The Morgan fingerprint density at radius 1 is 1.07 bits per heavy atom. The third kappa shape index (κ3) is 4.89. The minimum atomic E-state index is 0.0373. The molecule has 0 bridgehead atoms. The molecule has 2 saturated heterocycles. The average molecular weight is 420 g/mol. The molecule has 0 radical (unpaired) electrons. The SMILES string of the molecule is CN(C)[C@H]1CCN(C(=O)c2cc(Cl)ccc2OC2CCN(C3CCCC3)CC2)C1. The van der Waals surface area contributed by atoms with E-state index in [1.807, 2.05) is 17.0 Å². The highest BCUT2D eigenvalue weighted by atomic mass is 35.5. The average Bonchev–Trinajstić information content (AvgIpc) is 3.42. The van der Waals surface area contributed by atoms with Gasteiger partial charge in [0.05, 0.1) is 5.56 Å². The molecule has 0 aromatic heterocycles. The largest absolute Gasteiger partial charge is 0.489 e. The third-order valence-corrected chi connectivity index (χ3v) is 7.20. The zero-order valence-corrected chi connectivity index (χ0v) is 18.5. The number of piperidine rings is 1. The summed E-state index contributed by atoms with van der Waals surface area (Å²) in [6.07, 6.45) is 8.70. The van der Waals surface area contributed by atoms with Gasteiger partial charge in [0, 0.05) is 43.3 Å². The number of benzene rings is 1. The summed E-state index contributed by atoms with van der Waals surface area (Å²) >= 11 is 6.24. The third-order valence-electron chi connectivity index (χ3n) is 6.96. The number of nitrogens with zero attached hydrogens (tertiary/aromatic N) is 3. The van der Waals surface area contributed by atoms with Gasteiger partial charge >= 0.3 is 0 Å². The summed E-state index contributed by atoms with van der Waals surface area (Å²) in [4.78, 5) is 20.0. The van der Waals surface area contributed by atoms with Crippen LogP contribution in [0.4, 0.5) is 0 Å². The summed E-state index contributed by atoms with van der Waals surface area (Å²) in [5.41, 5.74) is 0.607. The maximum atomic E-state index is 13.2. The van der Waals surface area contributed by atoms with Crippen molar-refractivity contribution in [3.8, 4) is 5.75 Å². The van der Waals surface area contributed by atoms with Gasteiger partial charge in [0.25, 0.3) is 5.91 Å². The van der Waals surface area contributed by atoms with Crippen molar-refractivity contribution in [3.63, 3.8) is 0 Å². The number of ether oxygens (including phenoxy) is 1. The van der Waals surface area contributed by atoms with Gasteiger partial charge < -0.3 is 19.4 Å². The lowest BCUT2D eigenvalue weighted by molar-refractivity contribution is 0.0709. The number of amides is 1. The maximum Gasteiger partial charge on any atom is 0.257 e. The fraction of sp³-hybridized carbons (Fsp3) is 0.696. The number of likely N-dealkylation sites (tertiary alicyclic amines) is 2. The molecule has 0 unspecified atom stereocenters. The van der Waals surface area contributed by atoms with Crippen molar-refractivity contribution in [3.05, 3.63) is 28.8 Å². The molecule has 1 saturated carbocycles. The van der Waals surface area contributed by atoms with Gasteiger partial charge in [-0.3, -0.25) is 4.79 Å². The highest BCUT2D eigenvalue weighted by molar-refractivity contribution is 6.31. The minimum absolute atomic E-state index is 0.0373. The first kappa shape index (κ1) is 21.0. The predicted octanol–water partition coefficient (Wildman–Crippen LogP) is 3.90. The first-order valence-corrected chi connectivity index (χ1v) is 11.5. The van der Waals surface area contributed by atoms with Gasteiger partial charge in [-0.15, -0.1) is 0 Å². The molecule has 1 aliphatic carbocycles. The molecule has 1 atom stereocenters. The van der Waals surface area contributed by atoms with Crippen LogP contribution < -0.4 is 4.74 Å². The first-order valence-electron chi connectivity index (χ1n) is 11.2. The lowest BCUT2D eigenvalue weighted by Gasteiger charge is -2.36. The Labute approximate surface area is 179 Å². The second-order valence-electron chi connectivity index (χ2n) is 9.09. The van der Waals surface area contributed by atoms with E-state index in [1.165, 1.54) is 25.7 Å². The molecule has 3 fully saturated rings. The molecule has 0 N–H and O–H groups in total. The van der Waals surface area contributed by atoms with Crippen molar-refractivity contribution in [1.29, 1.82) is 0 Å². The van der Waals surface area contributed by atoms with Gasteiger partial charge in [-0.2, -0.15) is 0 Å². The molecule has 160 valence electrons. The number of halogens is 1. The molecule has 2 heterocycles. The molecule has 1 amide bonds. The van der Waals surface area contributed by atoms with Crippen LogP contribution in [-0.4, -0.2) is 79.1 Å². The van der Waals surface area contributed by atoms with Gasteiger partial charge in [0.2, 0.25) is 0 Å². The Morgan fingerprint density at radius 2 is 1.79 bits per heavy atom. The van der Waals surface area contributed by atoms with Gasteiger partial charge in [-0.05, 0) is 64.4 Å². The summed E-state index contributed by atoms with van der Waals surface area (Å²) in [5, 5.41) is 0.583. The molecule has 2 aliphatic heterocycles. The summed E-state index contributed by atoms with van der Waals surface area (Å²) in [7, 11) is 4.15. The van der Waals surface area contributed by atoms with E-state index in [0.29, 0.717) is 22.4 Å². The van der Waals surface area contributed by atoms with Crippen LogP contribution >= 0.6 is 11.6 Å². The quantitative estimate of drug-likeness (QED) is 0.725. The molecule has 3 aliphatic rings. The Bertz CT molecular complexity index is 712. The van der Waals surface area contributed by atoms with E-state index in [2.05, 4.69) is 23.9 Å². The monoisotopic (exact) mass is 419 g/mol. The van der Waals surface area contributed by atoms with Crippen molar-refractivity contribution in [1.82, 2.24) is 14.7 Å². The van der Waals surface area contributed by atoms with Crippen molar-refractivity contribution >= 4 is 17.5 Å². The standard InChI is InChI=1S/C23H34ClN3O2/c1-25(2)19-9-12-27(16-19)23(28)21-15-17(24)7-8-22(21)29-20-10-13-26(14-11-20)18-5-3-4-6-18/h7-8,15,18-20H,3-6,9-14,16H2,1-2H3/t19-/m0/s1. The molecule has 29 heavy (non-hydrogen) atoms. The van der Waals surface area contributed by atoms with Crippen LogP contribution in [0.3, 0.4) is 0 Å². The van der Waals surface area contributed by atoms with E-state index in [9.17, 15) is 4.79 Å². The molecular formula is C23H34ClN3O2. The lowest BCUT2D eigenvalue weighted by atomic mass is 10.0. The fourth-order valence-electron chi connectivity index (χ4n) is 5.10. The van der Waals surface area contributed by atoms with Crippen LogP contribution in [0.25, 0.3) is 0 Å². The van der Waals surface area contributed by atoms with Crippen LogP contribution in [-0.2, 0) is 0 Å². The fourth-order valence-corrected chi connectivity index (χ4v) is 5.27. The number of hydrogen-bond acceptors (Lipinski definition) is 4. The zero-order valence-electron chi connectivity index (χ0n) is 17.8. The van der Waals surface area contributed by atoms with Crippen molar-refractivity contribution < 1.29 is 9.53 Å². The summed E-state index contributed by atoms with van der Waals surface area (Å²) in [5.74, 6) is 0.724. The molecule has 0 spiro atoms. The molecule has 4 rings (SSSR count). The zero-order chi connectivity index (χ0) is 20.4. The van der Waals surface area contributed by atoms with Crippen LogP contribution in [0.5, 0.6) is 5.75 Å². The van der Waals surface area contributed by atoms with Gasteiger partial charge in [-0.25, -0.2) is 0 Å². The van der Waals surface area contributed by atoms with Crippen LogP contribution in [0.15, 0.2) is 18.2 Å². The predicted molar refractivity (Wildman–Crippen MR) is 117 cm³/mol. The Kier molecular flexibility index (Phi) is 6.67. The second kappa shape index (κ2) is 9.23. The van der Waals surface area contributed by atoms with Crippen molar-refractivity contribution in [2.45, 2.75) is 63.1 Å². The van der Waals surface area contributed by atoms with Gasteiger partial charge in [-0.1, -0.05) is 24.4 Å². The molecule has 1 aromatic carbocycles. The van der Waals surface area contributed by atoms with Crippen molar-refractivity contribution in [2.24, 2.45) is 0 Å². The minimum Gasteiger partial charge on any atom is -0.489 e. The number of rotatable bonds is 5. The van der Waals surface area contributed by atoms with Crippen LogP contribution in [0, 0.1) is 0 Å². The van der Waals surface area contributed by atoms with Crippen LogP contribution in [0.1, 0.15) is 55.3 Å². The summed E-state index contributed by atoms with van der Waals surface area (Å²) in [6.45, 7) is 3.75. The van der Waals surface area contributed by atoms with E-state index >= 15 is 0 Å². The van der Waals surface area contributed by atoms with Gasteiger partial charge in [0.1, 0.15) is 11.9 Å². The molecule has 1 aromatic rings. The number of carbonyl (C=O) groups is 1.